The Kier molecular flexibility index (Phi) is 3.52. The molecule has 3 nitrogen and oxygen atoms in total. The van der Waals surface area contributed by atoms with E-state index in [0.717, 1.165) is 31.6 Å². The molecule has 0 unspecified atom stereocenters. The van der Waals surface area contributed by atoms with Crippen LogP contribution in [0.5, 0.6) is 0 Å². The highest BCUT2D eigenvalue weighted by atomic mass is 19.1. The van der Waals surface area contributed by atoms with Crippen LogP contribution in [0.15, 0.2) is 18.2 Å². The van der Waals surface area contributed by atoms with E-state index in [1.165, 1.54) is 6.07 Å². The molecule has 1 aromatic carbocycles. The van der Waals surface area contributed by atoms with Crippen molar-refractivity contribution in [1.29, 1.82) is 0 Å². The van der Waals surface area contributed by atoms with E-state index in [4.69, 9.17) is 5.73 Å². The van der Waals surface area contributed by atoms with E-state index < -0.39 is 0 Å². The van der Waals surface area contributed by atoms with Crippen molar-refractivity contribution >= 4 is 11.4 Å². The summed E-state index contributed by atoms with van der Waals surface area (Å²) in [5.41, 5.74) is 6.85. The summed E-state index contributed by atoms with van der Waals surface area (Å²) < 4.78 is 13.4. The van der Waals surface area contributed by atoms with Crippen LogP contribution in [0.25, 0.3) is 0 Å². The summed E-state index contributed by atoms with van der Waals surface area (Å²) in [6.45, 7) is 2.18. The van der Waals surface area contributed by atoms with Gasteiger partial charge in [-0.2, -0.15) is 0 Å². The number of rotatable bonds is 2. The predicted molar refractivity (Wildman–Crippen MR) is 69.7 cm³/mol. The number of piperidine rings is 1. The number of anilines is 2. The third-order valence-corrected chi connectivity index (χ3v) is 3.65. The topological polar surface area (TPSA) is 32.5 Å². The van der Waals surface area contributed by atoms with Gasteiger partial charge in [-0.1, -0.05) is 6.07 Å². The smallest absolute Gasteiger partial charge is 0.148 e. The lowest BCUT2D eigenvalue weighted by atomic mass is 10.0. The average molecular weight is 237 g/mol. The molecule has 4 heteroatoms. The van der Waals surface area contributed by atoms with Crippen molar-refractivity contribution in [2.45, 2.75) is 18.9 Å². The Labute approximate surface area is 102 Å². The van der Waals surface area contributed by atoms with Gasteiger partial charge in [0.15, 0.2) is 0 Å². The molecule has 0 saturated carbocycles. The molecule has 0 atom stereocenters. The van der Waals surface area contributed by atoms with Gasteiger partial charge >= 0.3 is 0 Å². The van der Waals surface area contributed by atoms with E-state index in [0.29, 0.717) is 6.04 Å². The van der Waals surface area contributed by atoms with Crippen molar-refractivity contribution < 1.29 is 4.39 Å². The van der Waals surface area contributed by atoms with Crippen molar-refractivity contribution in [2.24, 2.45) is 0 Å². The van der Waals surface area contributed by atoms with Crippen LogP contribution in [0.4, 0.5) is 15.8 Å². The normalized spacial score (nSPS) is 18.3. The predicted octanol–water partition coefficient (Wildman–Crippen LogP) is 1.94. The summed E-state index contributed by atoms with van der Waals surface area (Å²) in [4.78, 5) is 4.44. The Morgan fingerprint density at radius 2 is 2.00 bits per heavy atom. The summed E-state index contributed by atoms with van der Waals surface area (Å²) in [5.74, 6) is -0.331. The first-order chi connectivity index (χ1) is 8.09. The first-order valence-corrected chi connectivity index (χ1v) is 6.05. The van der Waals surface area contributed by atoms with Gasteiger partial charge in [0, 0.05) is 13.1 Å². The Hall–Kier alpha value is -1.29. The molecule has 0 radical (unpaired) electrons. The minimum absolute atomic E-state index is 0.258. The summed E-state index contributed by atoms with van der Waals surface area (Å²) in [6, 6.07) is 5.46. The molecule has 1 fully saturated rings. The van der Waals surface area contributed by atoms with Crippen LogP contribution in [0.1, 0.15) is 12.8 Å². The number of para-hydroxylation sites is 1. The number of halogens is 1. The van der Waals surface area contributed by atoms with Gasteiger partial charge in [-0.25, -0.2) is 4.39 Å². The number of likely N-dealkylation sites (tertiary alicyclic amines) is 1. The van der Waals surface area contributed by atoms with Gasteiger partial charge in [-0.05, 0) is 45.1 Å². The Bertz CT molecular complexity index is 386. The average Bonchev–Trinajstić information content (AvgIpc) is 2.33. The van der Waals surface area contributed by atoms with Crippen LogP contribution in [-0.2, 0) is 0 Å². The van der Waals surface area contributed by atoms with Crippen LogP contribution in [0, 0.1) is 5.82 Å². The summed E-state index contributed by atoms with van der Waals surface area (Å²) in [6.07, 6.45) is 2.20. The molecule has 94 valence electrons. The molecule has 1 saturated heterocycles. The third-order valence-electron chi connectivity index (χ3n) is 3.65. The number of hydrogen-bond acceptors (Lipinski definition) is 3. The standard InChI is InChI=1S/C13H20FN3/c1-16-8-6-10(7-9-16)17(2)12-5-3-4-11(14)13(12)15/h3-5,10H,6-9,15H2,1-2H3. The fourth-order valence-electron chi connectivity index (χ4n) is 2.41. The van der Waals surface area contributed by atoms with Crippen LogP contribution in [-0.4, -0.2) is 38.1 Å². The van der Waals surface area contributed by atoms with Crippen LogP contribution in [0.2, 0.25) is 0 Å². The number of nitrogen functional groups attached to an aromatic ring is 1. The van der Waals surface area contributed by atoms with Crippen molar-refractivity contribution in [3.05, 3.63) is 24.0 Å². The highest BCUT2D eigenvalue weighted by molar-refractivity contribution is 5.68. The second kappa shape index (κ2) is 4.92. The molecule has 0 aromatic heterocycles. The Balaban J connectivity index is 2.14. The number of nitrogens with two attached hydrogens (primary N) is 1. The van der Waals surface area contributed by atoms with Gasteiger partial charge in [0.05, 0.1) is 11.4 Å². The van der Waals surface area contributed by atoms with Gasteiger partial charge in [0.25, 0.3) is 0 Å². The third kappa shape index (κ3) is 2.52. The molecule has 1 heterocycles. The zero-order valence-corrected chi connectivity index (χ0v) is 10.5. The maximum atomic E-state index is 13.4. The zero-order valence-electron chi connectivity index (χ0n) is 10.5. The monoisotopic (exact) mass is 237 g/mol. The van der Waals surface area contributed by atoms with Gasteiger partial charge < -0.3 is 15.5 Å². The molecule has 0 bridgehead atoms. The van der Waals surface area contributed by atoms with E-state index in [9.17, 15) is 4.39 Å². The highest BCUT2D eigenvalue weighted by Gasteiger charge is 2.22. The summed E-state index contributed by atoms with van der Waals surface area (Å²) in [7, 11) is 4.13. The lowest BCUT2D eigenvalue weighted by Crippen LogP contribution is -2.42. The minimum Gasteiger partial charge on any atom is -0.395 e. The van der Waals surface area contributed by atoms with Crippen molar-refractivity contribution in [2.75, 3.05) is 37.8 Å². The molecule has 0 spiro atoms. The number of benzene rings is 1. The molecule has 2 N–H and O–H groups in total. The van der Waals surface area contributed by atoms with Crippen molar-refractivity contribution in [3.63, 3.8) is 0 Å². The van der Waals surface area contributed by atoms with Crippen LogP contribution in [0.3, 0.4) is 0 Å². The van der Waals surface area contributed by atoms with E-state index in [2.05, 4.69) is 16.8 Å². The SMILES string of the molecule is CN1CCC(N(C)c2cccc(F)c2N)CC1. The second-order valence-electron chi connectivity index (χ2n) is 4.82. The largest absolute Gasteiger partial charge is 0.395 e. The fraction of sp³-hybridized carbons (Fsp3) is 0.538. The molecule has 2 rings (SSSR count). The molecular formula is C13H20FN3. The van der Waals surface area contributed by atoms with E-state index in [1.807, 2.05) is 13.1 Å². The van der Waals surface area contributed by atoms with Crippen LogP contribution >= 0.6 is 0 Å². The minimum atomic E-state index is -0.331. The quantitative estimate of drug-likeness (QED) is 0.798. The molecule has 0 aliphatic carbocycles. The Morgan fingerprint density at radius 3 is 2.65 bits per heavy atom. The molecule has 0 amide bonds. The molecular weight excluding hydrogens is 217 g/mol. The van der Waals surface area contributed by atoms with Crippen LogP contribution < -0.4 is 10.6 Å². The lowest BCUT2D eigenvalue weighted by molar-refractivity contribution is 0.253. The molecule has 1 aliphatic rings. The van der Waals surface area contributed by atoms with Gasteiger partial charge in [-0.3, -0.25) is 0 Å². The van der Waals surface area contributed by atoms with Gasteiger partial charge in [-0.15, -0.1) is 0 Å². The molecule has 17 heavy (non-hydrogen) atoms. The zero-order chi connectivity index (χ0) is 12.4. The van der Waals surface area contributed by atoms with Crippen molar-refractivity contribution in [3.8, 4) is 0 Å². The summed E-state index contributed by atoms with van der Waals surface area (Å²) in [5, 5.41) is 0. The lowest BCUT2D eigenvalue weighted by Gasteiger charge is -2.36. The van der Waals surface area contributed by atoms with E-state index in [-0.39, 0.29) is 11.5 Å². The van der Waals surface area contributed by atoms with Crippen molar-refractivity contribution in [1.82, 2.24) is 4.90 Å². The summed E-state index contributed by atoms with van der Waals surface area (Å²) >= 11 is 0. The first-order valence-electron chi connectivity index (χ1n) is 6.05. The van der Waals surface area contributed by atoms with Gasteiger partial charge in [0.1, 0.15) is 5.82 Å². The van der Waals surface area contributed by atoms with Gasteiger partial charge in [0.2, 0.25) is 0 Å². The first kappa shape index (κ1) is 12.2. The Morgan fingerprint density at radius 1 is 1.35 bits per heavy atom. The molecule has 1 aromatic rings. The van der Waals surface area contributed by atoms with E-state index in [1.54, 1.807) is 6.07 Å². The molecule has 1 aliphatic heterocycles. The maximum Gasteiger partial charge on any atom is 0.148 e. The number of nitrogens with zero attached hydrogens (tertiary/aromatic N) is 2. The second-order valence-corrected chi connectivity index (χ2v) is 4.82. The fourth-order valence-corrected chi connectivity index (χ4v) is 2.41. The van der Waals surface area contributed by atoms with E-state index >= 15 is 0 Å². The number of hydrogen-bond donors (Lipinski definition) is 1. The highest BCUT2D eigenvalue weighted by Crippen LogP contribution is 2.28. The maximum absolute atomic E-state index is 13.4.